The summed E-state index contributed by atoms with van der Waals surface area (Å²) in [7, 11) is 3.34. The van der Waals surface area contributed by atoms with Crippen LogP contribution in [0.4, 0.5) is 8.78 Å². The van der Waals surface area contributed by atoms with Crippen molar-refractivity contribution in [3.63, 3.8) is 0 Å². The Bertz CT molecular complexity index is 607. The molecule has 0 atom stereocenters. The average molecular weight is 264 g/mol. The number of carbonyl (C=O) groups excluding carboxylic acids is 1. The Hall–Kier alpha value is -2.17. The van der Waals surface area contributed by atoms with Gasteiger partial charge in [-0.3, -0.25) is 4.79 Å². The predicted molar refractivity (Wildman–Crippen MR) is 67.6 cm³/mol. The zero-order chi connectivity index (χ0) is 14.0. The van der Waals surface area contributed by atoms with Crippen LogP contribution in [0.1, 0.15) is 16.1 Å². The fraction of sp³-hybridized carbons (Fsp3) is 0.214. The first-order valence-electron chi connectivity index (χ1n) is 5.80. The highest BCUT2D eigenvalue weighted by molar-refractivity contribution is 5.92. The maximum atomic E-state index is 13.5. The smallest absolute Gasteiger partial charge is 0.270 e. The van der Waals surface area contributed by atoms with Gasteiger partial charge in [-0.2, -0.15) is 0 Å². The SMILES string of the molecule is CN(Cc1ccc(F)cc1F)C(=O)c1cccn1C. The van der Waals surface area contributed by atoms with Crippen LogP contribution in [0.5, 0.6) is 0 Å². The van der Waals surface area contributed by atoms with Crippen LogP contribution in [0.15, 0.2) is 36.5 Å². The summed E-state index contributed by atoms with van der Waals surface area (Å²) in [5.74, 6) is -1.49. The minimum absolute atomic E-state index is 0.0934. The van der Waals surface area contributed by atoms with Gasteiger partial charge in [0, 0.05) is 38.5 Å². The first-order chi connectivity index (χ1) is 8.99. The largest absolute Gasteiger partial charge is 0.347 e. The molecule has 1 heterocycles. The van der Waals surface area contributed by atoms with Gasteiger partial charge in [-0.15, -0.1) is 0 Å². The number of benzene rings is 1. The predicted octanol–water partition coefficient (Wildman–Crippen LogP) is 2.58. The molecule has 0 bridgehead atoms. The topological polar surface area (TPSA) is 25.2 Å². The number of rotatable bonds is 3. The molecule has 0 aliphatic heterocycles. The molecular weight excluding hydrogens is 250 g/mol. The molecular formula is C14H14F2N2O. The van der Waals surface area contributed by atoms with Gasteiger partial charge in [-0.1, -0.05) is 6.07 Å². The molecule has 1 amide bonds. The standard InChI is InChI=1S/C14H14F2N2O/c1-17-7-3-4-13(17)14(19)18(2)9-10-5-6-11(15)8-12(10)16/h3-8H,9H2,1-2H3. The van der Waals surface area contributed by atoms with E-state index in [1.807, 2.05) is 0 Å². The lowest BCUT2D eigenvalue weighted by Crippen LogP contribution is -2.28. The summed E-state index contributed by atoms with van der Waals surface area (Å²) in [4.78, 5) is 13.5. The molecule has 1 aromatic heterocycles. The van der Waals surface area contributed by atoms with Crippen LogP contribution in [-0.2, 0) is 13.6 Å². The molecule has 0 saturated carbocycles. The van der Waals surface area contributed by atoms with Crippen LogP contribution in [0.3, 0.4) is 0 Å². The molecule has 0 aliphatic carbocycles. The van der Waals surface area contributed by atoms with E-state index in [1.165, 1.54) is 17.0 Å². The van der Waals surface area contributed by atoms with Gasteiger partial charge in [0.25, 0.3) is 5.91 Å². The van der Waals surface area contributed by atoms with E-state index in [0.29, 0.717) is 5.69 Å². The number of hydrogen-bond acceptors (Lipinski definition) is 1. The lowest BCUT2D eigenvalue weighted by molar-refractivity contribution is 0.0774. The molecule has 0 unspecified atom stereocenters. The van der Waals surface area contributed by atoms with Crippen molar-refractivity contribution < 1.29 is 13.6 Å². The zero-order valence-electron chi connectivity index (χ0n) is 10.7. The summed E-state index contributed by atoms with van der Waals surface area (Å²) < 4.78 is 28.0. The Labute approximate surface area is 110 Å². The molecule has 5 heteroatoms. The summed E-state index contributed by atoms with van der Waals surface area (Å²) in [6.45, 7) is 0.0934. The highest BCUT2D eigenvalue weighted by Gasteiger charge is 2.16. The number of aryl methyl sites for hydroxylation is 1. The third-order valence-corrected chi connectivity index (χ3v) is 2.93. The monoisotopic (exact) mass is 264 g/mol. The van der Waals surface area contributed by atoms with E-state index in [-0.39, 0.29) is 18.0 Å². The Balaban J connectivity index is 2.15. The van der Waals surface area contributed by atoms with Gasteiger partial charge >= 0.3 is 0 Å². The third kappa shape index (κ3) is 2.81. The van der Waals surface area contributed by atoms with Crippen LogP contribution in [0, 0.1) is 11.6 Å². The molecule has 0 aliphatic rings. The Kier molecular flexibility index (Phi) is 3.64. The molecule has 0 radical (unpaired) electrons. The highest BCUT2D eigenvalue weighted by Crippen LogP contribution is 2.13. The van der Waals surface area contributed by atoms with E-state index in [1.54, 1.807) is 37.0 Å². The maximum Gasteiger partial charge on any atom is 0.270 e. The molecule has 0 fully saturated rings. The number of aromatic nitrogens is 1. The Morgan fingerprint density at radius 2 is 2.05 bits per heavy atom. The lowest BCUT2D eigenvalue weighted by Gasteiger charge is -2.18. The molecule has 2 rings (SSSR count). The molecule has 19 heavy (non-hydrogen) atoms. The van der Waals surface area contributed by atoms with Gasteiger partial charge in [-0.05, 0) is 18.2 Å². The molecule has 1 aromatic carbocycles. The summed E-state index contributed by atoms with van der Waals surface area (Å²) in [5.41, 5.74) is 0.802. The van der Waals surface area contributed by atoms with Crippen molar-refractivity contribution in [3.05, 3.63) is 59.4 Å². The van der Waals surface area contributed by atoms with Gasteiger partial charge in [0.2, 0.25) is 0 Å². The van der Waals surface area contributed by atoms with Crippen molar-refractivity contribution in [2.24, 2.45) is 7.05 Å². The highest BCUT2D eigenvalue weighted by atomic mass is 19.1. The van der Waals surface area contributed by atoms with E-state index in [0.717, 1.165) is 6.07 Å². The molecule has 100 valence electrons. The molecule has 0 N–H and O–H groups in total. The lowest BCUT2D eigenvalue weighted by atomic mass is 10.2. The number of amides is 1. The first kappa shape index (κ1) is 13.3. The van der Waals surface area contributed by atoms with Gasteiger partial charge in [0.1, 0.15) is 17.3 Å². The molecule has 2 aromatic rings. The van der Waals surface area contributed by atoms with Gasteiger partial charge in [-0.25, -0.2) is 8.78 Å². The minimum atomic E-state index is -0.647. The minimum Gasteiger partial charge on any atom is -0.347 e. The van der Waals surface area contributed by atoms with Crippen LogP contribution < -0.4 is 0 Å². The van der Waals surface area contributed by atoms with Gasteiger partial charge in [0.15, 0.2) is 0 Å². The van der Waals surface area contributed by atoms with E-state index >= 15 is 0 Å². The summed E-state index contributed by atoms with van der Waals surface area (Å²) >= 11 is 0. The van der Waals surface area contributed by atoms with E-state index in [9.17, 15) is 13.6 Å². The van der Waals surface area contributed by atoms with E-state index in [2.05, 4.69) is 0 Å². The normalized spacial score (nSPS) is 10.5. The van der Waals surface area contributed by atoms with Crippen molar-refractivity contribution in [1.29, 1.82) is 0 Å². The maximum absolute atomic E-state index is 13.5. The summed E-state index contributed by atoms with van der Waals surface area (Å²) in [5, 5.41) is 0. The molecule has 3 nitrogen and oxygen atoms in total. The van der Waals surface area contributed by atoms with Crippen molar-refractivity contribution in [3.8, 4) is 0 Å². The fourth-order valence-corrected chi connectivity index (χ4v) is 1.86. The number of hydrogen-bond donors (Lipinski definition) is 0. The second-order valence-corrected chi connectivity index (χ2v) is 4.40. The van der Waals surface area contributed by atoms with Gasteiger partial charge in [0.05, 0.1) is 0 Å². The van der Waals surface area contributed by atoms with E-state index < -0.39 is 11.6 Å². The zero-order valence-corrected chi connectivity index (χ0v) is 10.7. The summed E-state index contributed by atoms with van der Waals surface area (Å²) in [6, 6.07) is 6.80. The van der Waals surface area contributed by atoms with Crippen LogP contribution in [0.25, 0.3) is 0 Å². The van der Waals surface area contributed by atoms with Crippen molar-refractivity contribution in [1.82, 2.24) is 9.47 Å². The summed E-state index contributed by atoms with van der Waals surface area (Å²) in [6.07, 6.45) is 1.76. The van der Waals surface area contributed by atoms with Crippen molar-refractivity contribution in [2.75, 3.05) is 7.05 Å². The third-order valence-electron chi connectivity index (χ3n) is 2.93. The molecule has 0 saturated heterocycles. The quantitative estimate of drug-likeness (QED) is 0.836. The number of carbonyl (C=O) groups is 1. The second kappa shape index (κ2) is 5.22. The van der Waals surface area contributed by atoms with Crippen molar-refractivity contribution >= 4 is 5.91 Å². The van der Waals surface area contributed by atoms with Gasteiger partial charge < -0.3 is 9.47 Å². The second-order valence-electron chi connectivity index (χ2n) is 4.40. The first-order valence-corrected chi connectivity index (χ1v) is 5.80. The Morgan fingerprint density at radius 3 is 2.63 bits per heavy atom. The Morgan fingerprint density at radius 1 is 1.32 bits per heavy atom. The van der Waals surface area contributed by atoms with Crippen molar-refractivity contribution in [2.45, 2.75) is 6.54 Å². The van der Waals surface area contributed by atoms with Crippen LogP contribution in [-0.4, -0.2) is 22.4 Å². The van der Waals surface area contributed by atoms with Crippen LogP contribution in [0.2, 0.25) is 0 Å². The number of halogens is 2. The molecule has 0 spiro atoms. The fourth-order valence-electron chi connectivity index (χ4n) is 1.86. The van der Waals surface area contributed by atoms with Crippen LogP contribution >= 0.6 is 0 Å². The average Bonchev–Trinajstić information content (AvgIpc) is 2.78. The number of nitrogens with zero attached hydrogens (tertiary/aromatic N) is 2. The van der Waals surface area contributed by atoms with E-state index in [4.69, 9.17) is 0 Å².